The number of rotatable bonds is 2. The van der Waals surface area contributed by atoms with Gasteiger partial charge < -0.3 is 0 Å². The zero-order valence-corrected chi connectivity index (χ0v) is 18.4. The van der Waals surface area contributed by atoms with Crippen molar-refractivity contribution in [2.45, 2.75) is 76.4 Å². The summed E-state index contributed by atoms with van der Waals surface area (Å²) in [6.07, 6.45) is 1.44. The molecule has 0 nitrogen and oxygen atoms in total. The van der Waals surface area contributed by atoms with Gasteiger partial charge in [0.05, 0.1) is 0 Å². The lowest BCUT2D eigenvalue weighted by atomic mass is 10.3. The van der Waals surface area contributed by atoms with Gasteiger partial charge in [0.2, 0.25) is 0 Å². The van der Waals surface area contributed by atoms with Gasteiger partial charge in [0.1, 0.15) is 0 Å². The van der Waals surface area contributed by atoms with Crippen molar-refractivity contribution >= 4 is 39.6 Å². The van der Waals surface area contributed by atoms with Crippen molar-refractivity contribution in [3.8, 4) is 0 Å². The molecule has 0 aromatic heterocycles. The van der Waals surface area contributed by atoms with Gasteiger partial charge in [-0.25, -0.2) is 0 Å². The van der Waals surface area contributed by atoms with Gasteiger partial charge in [-0.05, 0) is 4.66 Å². The van der Waals surface area contributed by atoms with E-state index in [1.165, 1.54) is 12.5 Å². The zero-order valence-electron chi connectivity index (χ0n) is 13.4. The molecule has 1 rings (SSSR count). The average Bonchev–Trinajstić information content (AvgIpc) is 2.19. The Morgan fingerprint density at radius 2 is 1.06 bits per heavy atom. The maximum atomic E-state index is 3.80. The van der Waals surface area contributed by atoms with Crippen LogP contribution in [0.4, 0.5) is 0 Å². The highest BCUT2D eigenvalue weighted by atomic mass is 29.9. The molecular formula is C12H31Si5. The predicted octanol–water partition coefficient (Wildman–Crippen LogP) is 4.35. The lowest BCUT2D eigenvalue weighted by Gasteiger charge is -2.48. The van der Waals surface area contributed by atoms with E-state index < -0.39 is 29.4 Å². The van der Waals surface area contributed by atoms with Crippen molar-refractivity contribution in [3.05, 3.63) is 0 Å². The second-order valence-corrected chi connectivity index (χ2v) is 50.0. The molecule has 1 aliphatic rings. The Kier molecular flexibility index (Phi) is 3.83. The summed E-state index contributed by atoms with van der Waals surface area (Å²) in [5, 5.41) is 0. The minimum atomic E-state index is -1.08. The van der Waals surface area contributed by atoms with Crippen molar-refractivity contribution < 1.29 is 0 Å². The molecule has 0 aromatic rings. The van der Waals surface area contributed by atoms with Crippen LogP contribution in [0.15, 0.2) is 0 Å². The summed E-state index contributed by atoms with van der Waals surface area (Å²) in [4.78, 5) is 0. The molecule has 0 aliphatic carbocycles. The maximum absolute atomic E-state index is 3.80. The van der Waals surface area contributed by atoms with E-state index in [0.717, 1.165) is 4.66 Å². The summed E-state index contributed by atoms with van der Waals surface area (Å²) < 4.78 is 0.757. The van der Waals surface area contributed by atoms with Gasteiger partial charge in [-0.1, -0.05) is 71.8 Å². The molecule has 3 radical (unpaired) electrons. The third-order valence-electron chi connectivity index (χ3n) is 8.07. The van der Waals surface area contributed by atoms with Gasteiger partial charge in [-0.15, -0.1) is 0 Å². The highest BCUT2D eigenvalue weighted by Crippen LogP contribution is 2.63. The summed E-state index contributed by atoms with van der Waals surface area (Å²) in [5.41, 5.74) is 0. The molecule has 1 saturated heterocycles. The van der Waals surface area contributed by atoms with Crippen molar-refractivity contribution in [1.82, 2.24) is 0 Å². The normalized spacial score (nSPS) is 31.4. The maximum Gasteiger partial charge on any atom is 0.0414 e. The monoisotopic (exact) mass is 315 g/mol. The second kappa shape index (κ2) is 4.04. The standard InChI is InChI=1S/C12H31Si5/c1-12(10-11-13)14(2,3)16(6,7)17(8,9)15(12,4)5/h10-11H2,1-9H3. The van der Waals surface area contributed by atoms with Crippen LogP contribution >= 0.6 is 0 Å². The van der Waals surface area contributed by atoms with Crippen LogP contribution in [0.3, 0.4) is 0 Å². The molecule has 0 amide bonds. The Bertz CT molecular complexity index is 291. The van der Waals surface area contributed by atoms with Crippen molar-refractivity contribution in [2.75, 3.05) is 0 Å². The van der Waals surface area contributed by atoms with E-state index in [2.05, 4.69) is 69.5 Å². The summed E-state index contributed by atoms with van der Waals surface area (Å²) in [5.74, 6) is 0. The van der Waals surface area contributed by atoms with E-state index in [-0.39, 0.29) is 0 Å². The predicted molar refractivity (Wildman–Crippen MR) is 93.5 cm³/mol. The molecule has 1 fully saturated rings. The van der Waals surface area contributed by atoms with Crippen LogP contribution in [0.25, 0.3) is 0 Å². The number of hydrogen-bond acceptors (Lipinski definition) is 0. The molecule has 99 valence electrons. The third kappa shape index (κ3) is 1.55. The van der Waals surface area contributed by atoms with Crippen LogP contribution in [-0.2, 0) is 0 Å². The van der Waals surface area contributed by atoms with Crippen molar-refractivity contribution in [1.29, 1.82) is 0 Å². The van der Waals surface area contributed by atoms with E-state index >= 15 is 0 Å². The molecule has 0 saturated carbocycles. The molecule has 1 heterocycles. The summed E-state index contributed by atoms with van der Waals surface area (Å²) >= 11 is 0. The highest BCUT2D eigenvalue weighted by Gasteiger charge is 2.75. The Hall–Kier alpha value is 1.08. The molecule has 0 bridgehead atoms. The van der Waals surface area contributed by atoms with Crippen LogP contribution in [0.2, 0.25) is 63.1 Å². The van der Waals surface area contributed by atoms with E-state index in [0.29, 0.717) is 0 Å². The van der Waals surface area contributed by atoms with E-state index in [4.69, 9.17) is 0 Å². The minimum absolute atomic E-state index is 0.757. The van der Waals surface area contributed by atoms with Crippen molar-refractivity contribution in [3.63, 3.8) is 0 Å². The Labute approximate surface area is 116 Å². The first-order valence-corrected chi connectivity index (χ1v) is 22.7. The average molecular weight is 316 g/mol. The third-order valence-corrected chi connectivity index (χ3v) is 85.1. The first-order valence-electron chi connectivity index (χ1n) is 6.96. The summed E-state index contributed by atoms with van der Waals surface area (Å²) in [7, 11) is -0.337. The van der Waals surface area contributed by atoms with E-state index in [9.17, 15) is 0 Å². The van der Waals surface area contributed by atoms with E-state index in [1.54, 1.807) is 0 Å². The van der Waals surface area contributed by atoms with Gasteiger partial charge in [-0.2, -0.15) is 0 Å². The second-order valence-electron chi connectivity index (χ2n) is 8.33. The largest absolute Gasteiger partial charge is 0.0733 e. The Balaban J connectivity index is 3.53. The van der Waals surface area contributed by atoms with Crippen LogP contribution in [0.5, 0.6) is 0 Å². The molecule has 0 unspecified atom stereocenters. The highest BCUT2D eigenvalue weighted by molar-refractivity contribution is 7.89. The molecular weight excluding hydrogens is 285 g/mol. The van der Waals surface area contributed by atoms with E-state index in [1.807, 2.05) is 0 Å². The van der Waals surface area contributed by atoms with Crippen molar-refractivity contribution in [2.24, 2.45) is 0 Å². The molecule has 5 heteroatoms. The fourth-order valence-corrected chi connectivity index (χ4v) is 102. The van der Waals surface area contributed by atoms with Crippen LogP contribution < -0.4 is 0 Å². The van der Waals surface area contributed by atoms with Crippen LogP contribution in [0.1, 0.15) is 13.3 Å². The lowest BCUT2D eigenvalue weighted by molar-refractivity contribution is 0.749. The minimum Gasteiger partial charge on any atom is -0.0733 e. The smallest absolute Gasteiger partial charge is 0.0414 e. The first kappa shape index (κ1) is 16.1. The SMILES string of the molecule is CC1(CC[Si])[Si](C)(C)[Si](C)(C)[Si](C)(C)[Si]1(C)C. The molecule has 1 aliphatic heterocycles. The first-order chi connectivity index (χ1) is 7.31. The van der Waals surface area contributed by atoms with Crippen LogP contribution in [-0.4, -0.2) is 39.6 Å². The summed E-state index contributed by atoms with van der Waals surface area (Å²) in [6.45, 7) is 24.7. The molecule has 0 spiro atoms. The topological polar surface area (TPSA) is 0 Å². The zero-order chi connectivity index (χ0) is 13.9. The van der Waals surface area contributed by atoms with Gasteiger partial charge >= 0.3 is 0 Å². The van der Waals surface area contributed by atoms with Gasteiger partial charge in [0.15, 0.2) is 0 Å². The molecule has 0 atom stereocenters. The molecule has 17 heavy (non-hydrogen) atoms. The Morgan fingerprint density at radius 3 is 1.29 bits per heavy atom. The van der Waals surface area contributed by atoms with Gasteiger partial charge in [0.25, 0.3) is 0 Å². The lowest BCUT2D eigenvalue weighted by Crippen LogP contribution is -2.69. The van der Waals surface area contributed by atoms with Gasteiger partial charge in [0, 0.05) is 39.6 Å². The Morgan fingerprint density at radius 1 is 0.765 bits per heavy atom. The van der Waals surface area contributed by atoms with Crippen LogP contribution in [0, 0.1) is 0 Å². The fourth-order valence-electron chi connectivity index (χ4n) is 4.60. The van der Waals surface area contributed by atoms with Gasteiger partial charge in [-0.3, -0.25) is 0 Å². The number of hydrogen-bond donors (Lipinski definition) is 0. The fraction of sp³-hybridized carbons (Fsp3) is 1.00. The molecule has 0 N–H and O–H groups in total. The quantitative estimate of drug-likeness (QED) is 0.665. The molecule has 0 aromatic carbocycles. The summed E-state index contributed by atoms with van der Waals surface area (Å²) in [6, 6.07) is 1.21.